The molecule has 1 aromatic heterocycles. The number of hydrogen-bond acceptors (Lipinski definition) is 5. The zero-order valence-electron chi connectivity index (χ0n) is 13.3. The fourth-order valence-corrected chi connectivity index (χ4v) is 1.99. The highest BCUT2D eigenvalue weighted by atomic mass is 16.7. The molecule has 0 saturated carbocycles. The van der Waals surface area contributed by atoms with E-state index in [0.717, 1.165) is 12.8 Å². The number of amides is 1. The molecule has 0 aliphatic rings. The van der Waals surface area contributed by atoms with Crippen molar-refractivity contribution in [3.8, 4) is 0 Å². The van der Waals surface area contributed by atoms with E-state index in [0.29, 0.717) is 18.9 Å². The molecule has 0 saturated heterocycles. The Labute approximate surface area is 126 Å². The van der Waals surface area contributed by atoms with Gasteiger partial charge in [0.15, 0.2) is 0 Å². The number of aromatic nitrogens is 3. The standard InChI is InChI=1S/C14H26N4O3/c1-5-8-11(4)15-13(19)10-18-9-12(16-17-18)14(20-6-2)21-7-3/h9,11,14H,5-8,10H2,1-4H3,(H,15,19). The smallest absolute Gasteiger partial charge is 0.242 e. The summed E-state index contributed by atoms with van der Waals surface area (Å²) >= 11 is 0. The van der Waals surface area contributed by atoms with Crippen molar-refractivity contribution < 1.29 is 14.3 Å². The van der Waals surface area contributed by atoms with Gasteiger partial charge in [0.25, 0.3) is 0 Å². The molecule has 0 radical (unpaired) electrons. The van der Waals surface area contributed by atoms with Gasteiger partial charge in [-0.05, 0) is 27.2 Å². The monoisotopic (exact) mass is 298 g/mol. The minimum atomic E-state index is -0.532. The molecule has 1 rings (SSSR count). The molecule has 0 fully saturated rings. The number of carbonyl (C=O) groups excluding carboxylic acids is 1. The minimum Gasteiger partial charge on any atom is -0.352 e. The van der Waals surface area contributed by atoms with Gasteiger partial charge in [0.1, 0.15) is 12.2 Å². The number of hydrogen-bond donors (Lipinski definition) is 1. The van der Waals surface area contributed by atoms with E-state index < -0.39 is 6.29 Å². The highest BCUT2D eigenvalue weighted by Crippen LogP contribution is 2.15. The Morgan fingerprint density at radius 1 is 1.33 bits per heavy atom. The predicted octanol–water partition coefficient (Wildman–Crippen LogP) is 1.65. The number of ether oxygens (including phenoxy) is 2. The van der Waals surface area contributed by atoms with Crippen LogP contribution in [0.5, 0.6) is 0 Å². The van der Waals surface area contributed by atoms with Crippen LogP contribution in [0.3, 0.4) is 0 Å². The van der Waals surface area contributed by atoms with E-state index in [1.165, 1.54) is 4.68 Å². The molecular formula is C14H26N4O3. The van der Waals surface area contributed by atoms with Crippen LogP contribution in [0, 0.1) is 0 Å². The quantitative estimate of drug-likeness (QED) is 0.665. The first-order chi connectivity index (χ1) is 10.1. The van der Waals surface area contributed by atoms with Crippen LogP contribution in [-0.2, 0) is 20.8 Å². The molecule has 1 unspecified atom stereocenters. The third kappa shape index (κ3) is 6.22. The molecule has 1 heterocycles. The molecule has 0 spiro atoms. The Bertz CT molecular complexity index is 416. The van der Waals surface area contributed by atoms with Gasteiger partial charge >= 0.3 is 0 Å². The van der Waals surface area contributed by atoms with Crippen molar-refractivity contribution in [2.45, 2.75) is 59.4 Å². The summed E-state index contributed by atoms with van der Waals surface area (Å²) in [5.41, 5.74) is 0.577. The topological polar surface area (TPSA) is 78.3 Å². The molecule has 0 aliphatic heterocycles. The first-order valence-corrected chi connectivity index (χ1v) is 7.53. The summed E-state index contributed by atoms with van der Waals surface area (Å²) < 4.78 is 12.4. The van der Waals surface area contributed by atoms with Crippen molar-refractivity contribution in [2.24, 2.45) is 0 Å². The van der Waals surface area contributed by atoms with Crippen LogP contribution in [-0.4, -0.2) is 40.2 Å². The van der Waals surface area contributed by atoms with Gasteiger partial charge in [0.2, 0.25) is 12.2 Å². The van der Waals surface area contributed by atoms with Crippen molar-refractivity contribution in [1.29, 1.82) is 0 Å². The Balaban J connectivity index is 2.55. The Morgan fingerprint density at radius 2 is 2.00 bits per heavy atom. The highest BCUT2D eigenvalue weighted by molar-refractivity contribution is 5.75. The maximum atomic E-state index is 11.9. The lowest BCUT2D eigenvalue weighted by atomic mass is 10.2. The van der Waals surface area contributed by atoms with E-state index in [4.69, 9.17) is 9.47 Å². The summed E-state index contributed by atoms with van der Waals surface area (Å²) in [4.78, 5) is 11.9. The second-order valence-electron chi connectivity index (χ2n) is 4.84. The van der Waals surface area contributed by atoms with Gasteiger partial charge in [0, 0.05) is 19.3 Å². The van der Waals surface area contributed by atoms with Crippen molar-refractivity contribution in [3.63, 3.8) is 0 Å². The third-order valence-electron chi connectivity index (χ3n) is 2.87. The van der Waals surface area contributed by atoms with Crippen molar-refractivity contribution in [3.05, 3.63) is 11.9 Å². The SMILES string of the molecule is CCCC(C)NC(=O)Cn1cc(C(OCC)OCC)nn1. The molecule has 0 aromatic carbocycles. The summed E-state index contributed by atoms with van der Waals surface area (Å²) in [5, 5.41) is 10.9. The number of nitrogens with zero attached hydrogens (tertiary/aromatic N) is 3. The lowest BCUT2D eigenvalue weighted by Gasteiger charge is -2.13. The number of carbonyl (C=O) groups is 1. The van der Waals surface area contributed by atoms with E-state index in [1.54, 1.807) is 6.20 Å². The summed E-state index contributed by atoms with van der Waals surface area (Å²) in [6, 6.07) is 0.171. The van der Waals surface area contributed by atoms with Gasteiger partial charge in [-0.2, -0.15) is 0 Å². The molecule has 21 heavy (non-hydrogen) atoms. The molecule has 1 amide bonds. The molecule has 1 N–H and O–H groups in total. The maximum absolute atomic E-state index is 11.9. The number of rotatable bonds is 10. The molecule has 7 nitrogen and oxygen atoms in total. The average molecular weight is 298 g/mol. The van der Waals surface area contributed by atoms with Crippen molar-refractivity contribution in [1.82, 2.24) is 20.3 Å². The van der Waals surface area contributed by atoms with E-state index in [9.17, 15) is 4.79 Å². The van der Waals surface area contributed by atoms with Crippen molar-refractivity contribution >= 4 is 5.91 Å². The Kier molecular flexibility index (Phi) is 7.92. The molecule has 0 bridgehead atoms. The summed E-state index contributed by atoms with van der Waals surface area (Å²) in [7, 11) is 0. The van der Waals surface area contributed by atoms with Crippen molar-refractivity contribution in [2.75, 3.05) is 13.2 Å². The lowest BCUT2D eigenvalue weighted by Crippen LogP contribution is -2.35. The number of nitrogens with one attached hydrogen (secondary N) is 1. The molecule has 120 valence electrons. The molecule has 1 aromatic rings. The van der Waals surface area contributed by atoms with Gasteiger partial charge in [-0.3, -0.25) is 4.79 Å². The van der Waals surface area contributed by atoms with E-state index in [2.05, 4.69) is 22.6 Å². The van der Waals surface area contributed by atoms with E-state index >= 15 is 0 Å². The first-order valence-electron chi connectivity index (χ1n) is 7.53. The molecule has 7 heteroatoms. The maximum Gasteiger partial charge on any atom is 0.242 e. The average Bonchev–Trinajstić information content (AvgIpc) is 2.86. The zero-order chi connectivity index (χ0) is 15.7. The van der Waals surface area contributed by atoms with Crippen LogP contribution < -0.4 is 5.32 Å². The first kappa shape index (κ1) is 17.6. The van der Waals surface area contributed by atoms with Crippen LogP contribution in [0.15, 0.2) is 6.20 Å². The van der Waals surface area contributed by atoms with Crippen LogP contribution in [0.4, 0.5) is 0 Å². The second-order valence-corrected chi connectivity index (χ2v) is 4.84. The molecule has 1 atom stereocenters. The van der Waals surface area contributed by atoms with E-state index in [1.807, 2.05) is 20.8 Å². The fourth-order valence-electron chi connectivity index (χ4n) is 1.99. The third-order valence-corrected chi connectivity index (χ3v) is 2.87. The van der Waals surface area contributed by atoms with Crippen LogP contribution in [0.25, 0.3) is 0 Å². The molecular weight excluding hydrogens is 272 g/mol. The zero-order valence-corrected chi connectivity index (χ0v) is 13.3. The van der Waals surface area contributed by atoms with Crippen LogP contribution in [0.1, 0.15) is 52.5 Å². The lowest BCUT2D eigenvalue weighted by molar-refractivity contribution is -0.142. The normalized spacial score (nSPS) is 12.6. The largest absolute Gasteiger partial charge is 0.352 e. The van der Waals surface area contributed by atoms with Gasteiger partial charge in [-0.15, -0.1) is 5.10 Å². The fraction of sp³-hybridized carbons (Fsp3) is 0.786. The van der Waals surface area contributed by atoms with Crippen LogP contribution >= 0.6 is 0 Å². The summed E-state index contributed by atoms with van der Waals surface area (Å²) in [6.07, 6.45) is 3.15. The Hall–Kier alpha value is -1.47. The van der Waals surface area contributed by atoms with Crippen LogP contribution in [0.2, 0.25) is 0 Å². The molecule has 0 aliphatic carbocycles. The summed E-state index contributed by atoms with van der Waals surface area (Å²) in [6.45, 7) is 9.05. The second kappa shape index (κ2) is 9.46. The Morgan fingerprint density at radius 3 is 2.57 bits per heavy atom. The predicted molar refractivity (Wildman–Crippen MR) is 78.5 cm³/mol. The summed E-state index contributed by atoms with van der Waals surface area (Å²) in [5.74, 6) is -0.0724. The van der Waals surface area contributed by atoms with E-state index in [-0.39, 0.29) is 18.5 Å². The van der Waals surface area contributed by atoms with Gasteiger partial charge in [-0.25, -0.2) is 4.68 Å². The van der Waals surface area contributed by atoms with Gasteiger partial charge in [0.05, 0.1) is 6.20 Å². The van der Waals surface area contributed by atoms with Gasteiger partial charge in [-0.1, -0.05) is 18.6 Å². The van der Waals surface area contributed by atoms with Gasteiger partial charge < -0.3 is 14.8 Å². The minimum absolute atomic E-state index is 0.0724. The highest BCUT2D eigenvalue weighted by Gasteiger charge is 2.16.